The predicted molar refractivity (Wildman–Crippen MR) is 73.2 cm³/mol. The normalized spacial score (nSPS) is 22.2. The average molecular weight is 329 g/mol. The lowest BCUT2D eigenvalue weighted by atomic mass is 10.3. The third-order valence-electron chi connectivity index (χ3n) is 3.31. The number of ether oxygens (including phenoxy) is 2. The highest BCUT2D eigenvalue weighted by Crippen LogP contribution is 2.18. The monoisotopic (exact) mass is 329 g/mol. The molecule has 0 aliphatic carbocycles. The Morgan fingerprint density at radius 1 is 1.45 bits per heavy atom. The lowest BCUT2D eigenvalue weighted by Gasteiger charge is -2.16. The van der Waals surface area contributed by atoms with Crippen molar-refractivity contribution in [2.75, 3.05) is 20.3 Å². The van der Waals surface area contributed by atoms with E-state index in [2.05, 4.69) is 14.9 Å². The highest BCUT2D eigenvalue weighted by atomic mass is 32.2. The number of sulfonamides is 1. The van der Waals surface area contributed by atoms with E-state index in [4.69, 9.17) is 18.4 Å². The maximum absolute atomic E-state index is 12.2. The van der Waals surface area contributed by atoms with Gasteiger partial charge in [0.1, 0.15) is 11.4 Å². The van der Waals surface area contributed by atoms with Crippen molar-refractivity contribution >= 4 is 10.0 Å². The maximum Gasteiger partial charge on any atom is 0.293 e. The van der Waals surface area contributed by atoms with E-state index < -0.39 is 21.4 Å². The van der Waals surface area contributed by atoms with Crippen LogP contribution in [0.15, 0.2) is 27.3 Å². The number of nitrogens with one attached hydrogen (secondary N) is 1. The fourth-order valence-corrected chi connectivity index (χ4v) is 3.53. The molecule has 1 aliphatic heterocycles. The summed E-state index contributed by atoms with van der Waals surface area (Å²) in [5.74, 6) is 0.825. The minimum absolute atomic E-state index is 0.0839. The Kier molecular flexibility index (Phi) is 4.25. The summed E-state index contributed by atoms with van der Waals surface area (Å²) < 4.78 is 47.3. The van der Waals surface area contributed by atoms with E-state index in [1.807, 2.05) is 0 Å². The van der Waals surface area contributed by atoms with Crippen molar-refractivity contribution in [3.8, 4) is 11.7 Å². The number of methoxy groups -OCH3 is 1. The Hall–Kier alpha value is -1.75. The molecule has 2 atom stereocenters. The zero-order valence-corrected chi connectivity index (χ0v) is 12.6. The van der Waals surface area contributed by atoms with Crippen molar-refractivity contribution < 1.29 is 26.8 Å². The fraction of sp³-hybridized carbons (Fsp3) is 0.500. The van der Waals surface area contributed by atoms with Crippen LogP contribution in [0, 0.1) is 0 Å². The molecule has 1 saturated heterocycles. The summed E-state index contributed by atoms with van der Waals surface area (Å²) in [6, 6.07) is 3.35. The summed E-state index contributed by atoms with van der Waals surface area (Å²) >= 11 is 0. The van der Waals surface area contributed by atoms with E-state index in [0.29, 0.717) is 5.76 Å². The zero-order chi connectivity index (χ0) is 15.6. The van der Waals surface area contributed by atoms with E-state index in [0.717, 1.165) is 0 Å². The van der Waals surface area contributed by atoms with Crippen LogP contribution in [0.1, 0.15) is 5.82 Å². The molecule has 2 aromatic heterocycles. The van der Waals surface area contributed by atoms with Crippen LogP contribution in [-0.4, -0.2) is 50.2 Å². The lowest BCUT2D eigenvalue weighted by molar-refractivity contribution is 0.0828. The van der Waals surface area contributed by atoms with Gasteiger partial charge in [-0.3, -0.25) is 0 Å². The molecule has 0 unspecified atom stereocenters. The minimum Gasteiger partial charge on any atom is -0.459 e. The van der Waals surface area contributed by atoms with Crippen molar-refractivity contribution in [3.63, 3.8) is 0 Å². The van der Waals surface area contributed by atoms with Crippen molar-refractivity contribution in [2.24, 2.45) is 0 Å². The SMILES string of the molecule is CO[C@H]1COC[C@H]1S(=O)(=O)NCc1noc(-c2ccco2)n1. The van der Waals surface area contributed by atoms with Gasteiger partial charge in [0.15, 0.2) is 11.6 Å². The van der Waals surface area contributed by atoms with Crippen LogP contribution in [0.5, 0.6) is 0 Å². The van der Waals surface area contributed by atoms with Crippen molar-refractivity contribution in [1.82, 2.24) is 14.9 Å². The molecule has 3 rings (SSSR count). The van der Waals surface area contributed by atoms with Gasteiger partial charge in [-0.25, -0.2) is 13.1 Å². The summed E-state index contributed by atoms with van der Waals surface area (Å²) in [6.45, 7) is 0.268. The van der Waals surface area contributed by atoms with Gasteiger partial charge in [0.05, 0.1) is 26.0 Å². The second kappa shape index (κ2) is 6.16. The van der Waals surface area contributed by atoms with E-state index in [1.54, 1.807) is 12.1 Å². The minimum atomic E-state index is -3.61. The van der Waals surface area contributed by atoms with Crippen molar-refractivity contribution in [3.05, 3.63) is 24.2 Å². The molecule has 3 heterocycles. The molecule has 9 nitrogen and oxygen atoms in total. The van der Waals surface area contributed by atoms with Gasteiger partial charge in [0, 0.05) is 7.11 Å². The van der Waals surface area contributed by atoms with Crippen LogP contribution in [-0.2, 0) is 26.0 Å². The Morgan fingerprint density at radius 3 is 3.05 bits per heavy atom. The van der Waals surface area contributed by atoms with Crippen molar-refractivity contribution in [2.45, 2.75) is 17.9 Å². The molecule has 1 aliphatic rings. The van der Waals surface area contributed by atoms with Gasteiger partial charge in [-0.1, -0.05) is 5.16 Å². The molecule has 0 aromatic carbocycles. The summed E-state index contributed by atoms with van der Waals surface area (Å²) in [5, 5.41) is 2.95. The largest absolute Gasteiger partial charge is 0.459 e. The van der Waals surface area contributed by atoms with Crippen LogP contribution >= 0.6 is 0 Å². The maximum atomic E-state index is 12.2. The zero-order valence-electron chi connectivity index (χ0n) is 11.8. The molecule has 2 aromatic rings. The first-order valence-corrected chi connectivity index (χ1v) is 8.10. The highest BCUT2D eigenvalue weighted by molar-refractivity contribution is 7.90. The molecule has 0 spiro atoms. The van der Waals surface area contributed by atoms with Crippen LogP contribution in [0.25, 0.3) is 11.7 Å². The summed E-state index contributed by atoms with van der Waals surface area (Å²) in [6.07, 6.45) is 0.994. The Morgan fingerprint density at radius 2 is 2.32 bits per heavy atom. The third kappa shape index (κ3) is 3.04. The van der Waals surface area contributed by atoms with E-state index in [-0.39, 0.29) is 31.5 Å². The summed E-state index contributed by atoms with van der Waals surface area (Å²) in [7, 11) is -2.15. The summed E-state index contributed by atoms with van der Waals surface area (Å²) in [5.41, 5.74) is 0. The molecule has 1 N–H and O–H groups in total. The second-order valence-electron chi connectivity index (χ2n) is 4.71. The molecule has 10 heteroatoms. The first-order valence-electron chi connectivity index (χ1n) is 6.55. The van der Waals surface area contributed by atoms with Gasteiger partial charge in [0.2, 0.25) is 10.0 Å². The lowest BCUT2D eigenvalue weighted by Crippen LogP contribution is -2.41. The Bertz CT molecular complexity index is 711. The smallest absolute Gasteiger partial charge is 0.293 e. The third-order valence-corrected chi connectivity index (χ3v) is 5.10. The molecule has 0 bridgehead atoms. The molecule has 1 fully saturated rings. The van der Waals surface area contributed by atoms with Crippen molar-refractivity contribution in [1.29, 1.82) is 0 Å². The van der Waals surface area contributed by atoms with E-state index in [9.17, 15) is 8.42 Å². The first-order chi connectivity index (χ1) is 10.6. The van der Waals surface area contributed by atoms with Gasteiger partial charge in [-0.05, 0) is 12.1 Å². The molecular weight excluding hydrogens is 314 g/mol. The molecule has 0 saturated carbocycles. The average Bonchev–Trinajstić information content (AvgIpc) is 3.23. The number of nitrogens with zero attached hydrogens (tertiary/aromatic N) is 2. The number of hydrogen-bond donors (Lipinski definition) is 1. The van der Waals surface area contributed by atoms with Gasteiger partial charge < -0.3 is 18.4 Å². The summed E-state index contributed by atoms with van der Waals surface area (Å²) in [4.78, 5) is 4.06. The number of furan rings is 1. The fourth-order valence-electron chi connectivity index (χ4n) is 2.12. The van der Waals surface area contributed by atoms with E-state index in [1.165, 1.54) is 13.4 Å². The number of rotatable bonds is 6. The molecule has 0 amide bonds. The Labute approximate surface area is 126 Å². The van der Waals surface area contributed by atoms with E-state index >= 15 is 0 Å². The van der Waals surface area contributed by atoms with Gasteiger partial charge in [0.25, 0.3) is 5.89 Å². The van der Waals surface area contributed by atoms with Crippen LogP contribution in [0.3, 0.4) is 0 Å². The van der Waals surface area contributed by atoms with Gasteiger partial charge in [-0.2, -0.15) is 4.98 Å². The quantitative estimate of drug-likeness (QED) is 0.796. The number of hydrogen-bond acceptors (Lipinski definition) is 8. The molecular formula is C12H15N3O6S. The molecule has 0 radical (unpaired) electrons. The first kappa shape index (κ1) is 15.2. The van der Waals surface area contributed by atoms with Crippen LogP contribution in [0.2, 0.25) is 0 Å². The van der Waals surface area contributed by atoms with Crippen LogP contribution < -0.4 is 4.72 Å². The standard InChI is InChI=1S/C12H15N3O6S/c1-18-9-6-19-7-10(9)22(16,17)13-5-11-14-12(21-15-11)8-3-2-4-20-8/h2-4,9-10,13H,5-7H2,1H3/t9-,10+/m0/s1. The highest BCUT2D eigenvalue weighted by Gasteiger charge is 2.38. The molecule has 22 heavy (non-hydrogen) atoms. The predicted octanol–water partition coefficient (Wildman–Crippen LogP) is 0.163. The molecule has 120 valence electrons. The van der Waals surface area contributed by atoms with Crippen LogP contribution in [0.4, 0.5) is 0 Å². The van der Waals surface area contributed by atoms with Gasteiger partial charge >= 0.3 is 0 Å². The van der Waals surface area contributed by atoms with Gasteiger partial charge in [-0.15, -0.1) is 0 Å². The second-order valence-corrected chi connectivity index (χ2v) is 6.69. The Balaban J connectivity index is 1.65. The number of aromatic nitrogens is 2. The topological polar surface area (TPSA) is 117 Å².